The van der Waals surface area contributed by atoms with Gasteiger partial charge in [-0.1, -0.05) is 0 Å². The van der Waals surface area contributed by atoms with Crippen LogP contribution in [0.15, 0.2) is 31.0 Å². The summed E-state index contributed by atoms with van der Waals surface area (Å²) >= 11 is 0. The summed E-state index contributed by atoms with van der Waals surface area (Å²) in [7, 11) is 0. The molecule has 6 heteroatoms. The number of fused-ring (bicyclic) bond motifs is 1. The summed E-state index contributed by atoms with van der Waals surface area (Å²) < 4.78 is 1.94. The fraction of sp³-hybridized carbons (Fsp3) is 0.333. The van der Waals surface area contributed by atoms with E-state index >= 15 is 0 Å². The predicted molar refractivity (Wildman–Crippen MR) is 77.1 cm³/mol. The minimum atomic E-state index is -0.128. The highest BCUT2D eigenvalue weighted by atomic mass is 15.3. The number of aromatic nitrogens is 5. The van der Waals surface area contributed by atoms with Crippen molar-refractivity contribution < 1.29 is 0 Å². The number of hydrogen-bond donors (Lipinski definition) is 1. The molecule has 1 aliphatic carbocycles. The van der Waals surface area contributed by atoms with Crippen molar-refractivity contribution in [2.75, 3.05) is 0 Å². The average Bonchev–Trinajstić information content (AvgIpc) is 2.97. The molecule has 1 saturated carbocycles. The summed E-state index contributed by atoms with van der Waals surface area (Å²) in [4.78, 5) is 11.7. The van der Waals surface area contributed by atoms with E-state index in [1.165, 1.54) is 0 Å². The molecule has 0 aliphatic heterocycles. The Hall–Kier alpha value is -2.68. The lowest BCUT2D eigenvalue weighted by atomic mass is 10.0. The van der Waals surface area contributed by atoms with Gasteiger partial charge in [0.15, 0.2) is 0 Å². The van der Waals surface area contributed by atoms with Crippen LogP contribution in [0, 0.1) is 17.2 Å². The molecular weight excluding hydrogens is 264 g/mol. The molecule has 0 radical (unpaired) electrons. The highest BCUT2D eigenvalue weighted by Crippen LogP contribution is 2.49. The molecule has 6 nitrogen and oxygen atoms in total. The van der Waals surface area contributed by atoms with E-state index in [4.69, 9.17) is 0 Å². The highest BCUT2D eigenvalue weighted by molar-refractivity contribution is 5.89. The maximum atomic E-state index is 9.19. The fourth-order valence-corrected chi connectivity index (χ4v) is 2.90. The van der Waals surface area contributed by atoms with Gasteiger partial charge >= 0.3 is 0 Å². The van der Waals surface area contributed by atoms with E-state index in [1.807, 2.05) is 36.3 Å². The maximum Gasteiger partial charge on any atom is 0.141 e. The Bertz CT molecular complexity index is 848. The Labute approximate surface area is 121 Å². The molecule has 1 atom stereocenters. The van der Waals surface area contributed by atoms with E-state index in [1.54, 1.807) is 6.33 Å². The van der Waals surface area contributed by atoms with Gasteiger partial charge in [-0.25, -0.2) is 9.97 Å². The molecule has 1 aliphatic rings. The van der Waals surface area contributed by atoms with Crippen molar-refractivity contribution in [3.05, 3.63) is 31.0 Å². The third-order valence-corrected chi connectivity index (χ3v) is 4.43. The highest BCUT2D eigenvalue weighted by Gasteiger charge is 2.50. The largest absolute Gasteiger partial charge is 0.346 e. The molecule has 1 N–H and O–H groups in total. The Morgan fingerprint density at radius 1 is 1.43 bits per heavy atom. The third kappa shape index (κ3) is 1.67. The molecule has 0 saturated heterocycles. The van der Waals surface area contributed by atoms with Crippen molar-refractivity contribution in [3.8, 4) is 17.3 Å². The van der Waals surface area contributed by atoms with Crippen molar-refractivity contribution in [2.45, 2.75) is 25.3 Å². The minimum absolute atomic E-state index is 0.0390. The first-order valence-corrected chi connectivity index (χ1v) is 6.98. The maximum absolute atomic E-state index is 9.19. The zero-order valence-corrected chi connectivity index (χ0v) is 11.6. The quantitative estimate of drug-likeness (QED) is 0.797. The van der Waals surface area contributed by atoms with Gasteiger partial charge in [0, 0.05) is 23.3 Å². The van der Waals surface area contributed by atoms with E-state index in [2.05, 4.69) is 26.1 Å². The predicted octanol–water partition coefficient (Wildman–Crippen LogP) is 2.47. The summed E-state index contributed by atoms with van der Waals surface area (Å²) in [5.74, 6) is -0.0390. The van der Waals surface area contributed by atoms with Gasteiger partial charge in [-0.15, -0.1) is 0 Å². The number of hydrogen-bond acceptors (Lipinski definition) is 4. The molecule has 3 heterocycles. The van der Waals surface area contributed by atoms with Gasteiger partial charge in [-0.3, -0.25) is 4.68 Å². The molecular formula is C15H14N6. The van der Waals surface area contributed by atoms with Crippen molar-refractivity contribution in [3.63, 3.8) is 0 Å². The third-order valence-electron chi connectivity index (χ3n) is 4.43. The second kappa shape index (κ2) is 4.16. The second-order valence-electron chi connectivity index (χ2n) is 5.59. The van der Waals surface area contributed by atoms with E-state index in [-0.39, 0.29) is 11.5 Å². The van der Waals surface area contributed by atoms with Gasteiger partial charge in [0.25, 0.3) is 0 Å². The molecule has 1 fully saturated rings. The van der Waals surface area contributed by atoms with E-state index < -0.39 is 0 Å². The Morgan fingerprint density at radius 2 is 2.29 bits per heavy atom. The van der Waals surface area contributed by atoms with Crippen LogP contribution in [0.4, 0.5) is 0 Å². The molecule has 0 spiro atoms. The summed E-state index contributed by atoms with van der Waals surface area (Å²) in [5.41, 5.74) is 2.52. The fourth-order valence-electron chi connectivity index (χ4n) is 2.90. The van der Waals surface area contributed by atoms with Crippen LogP contribution < -0.4 is 0 Å². The first-order valence-electron chi connectivity index (χ1n) is 6.98. The average molecular weight is 278 g/mol. The molecule has 1 unspecified atom stereocenters. The topological polar surface area (TPSA) is 83.2 Å². The number of H-pyrrole nitrogens is 1. The zero-order valence-electron chi connectivity index (χ0n) is 11.6. The van der Waals surface area contributed by atoms with Crippen molar-refractivity contribution in [1.82, 2.24) is 24.7 Å². The molecule has 0 aromatic carbocycles. The van der Waals surface area contributed by atoms with Crippen LogP contribution in [0.5, 0.6) is 0 Å². The van der Waals surface area contributed by atoms with Gasteiger partial charge < -0.3 is 4.98 Å². The van der Waals surface area contributed by atoms with E-state index in [9.17, 15) is 5.26 Å². The minimum Gasteiger partial charge on any atom is -0.346 e. The van der Waals surface area contributed by atoms with E-state index in [0.29, 0.717) is 0 Å². The zero-order chi connectivity index (χ0) is 14.4. The lowest BCUT2D eigenvalue weighted by Crippen LogP contribution is -2.24. The van der Waals surface area contributed by atoms with Crippen molar-refractivity contribution in [2.24, 2.45) is 5.92 Å². The second-order valence-corrected chi connectivity index (χ2v) is 5.59. The number of nitrogens with one attached hydrogen (secondary N) is 1. The molecule has 21 heavy (non-hydrogen) atoms. The Balaban J connectivity index is 1.79. The Kier molecular flexibility index (Phi) is 2.39. The van der Waals surface area contributed by atoms with Gasteiger partial charge in [-0.05, 0) is 25.8 Å². The monoisotopic (exact) mass is 278 g/mol. The number of nitriles is 1. The lowest BCUT2D eigenvalue weighted by Gasteiger charge is -2.17. The van der Waals surface area contributed by atoms with Crippen LogP contribution in [-0.2, 0) is 5.54 Å². The number of rotatable bonds is 3. The van der Waals surface area contributed by atoms with Crippen LogP contribution in [0.25, 0.3) is 22.3 Å². The van der Waals surface area contributed by atoms with Crippen LogP contribution in [0.3, 0.4) is 0 Å². The van der Waals surface area contributed by atoms with Gasteiger partial charge in [0.2, 0.25) is 0 Å². The SMILES string of the molecule is CC(C#N)C1(n2cc(-c3ncnc4[nH]ccc34)cn2)CC1. The van der Waals surface area contributed by atoms with Gasteiger partial charge in [0.05, 0.1) is 29.4 Å². The normalized spacial score (nSPS) is 17.5. The van der Waals surface area contributed by atoms with Crippen LogP contribution in [-0.4, -0.2) is 24.7 Å². The number of aromatic amines is 1. The van der Waals surface area contributed by atoms with Crippen molar-refractivity contribution >= 4 is 11.0 Å². The molecule has 4 rings (SSSR count). The number of nitrogens with zero attached hydrogens (tertiary/aromatic N) is 5. The summed E-state index contributed by atoms with van der Waals surface area (Å²) in [5, 5.41) is 14.7. The Morgan fingerprint density at radius 3 is 3.05 bits per heavy atom. The lowest BCUT2D eigenvalue weighted by molar-refractivity contribution is 0.354. The molecule has 104 valence electrons. The van der Waals surface area contributed by atoms with Crippen LogP contribution in [0.2, 0.25) is 0 Å². The first-order chi connectivity index (χ1) is 10.2. The van der Waals surface area contributed by atoms with Crippen LogP contribution >= 0.6 is 0 Å². The summed E-state index contributed by atoms with van der Waals surface area (Å²) in [6.07, 6.45) is 9.23. The van der Waals surface area contributed by atoms with Gasteiger partial charge in [-0.2, -0.15) is 10.4 Å². The molecule has 3 aromatic rings. The van der Waals surface area contributed by atoms with Crippen molar-refractivity contribution in [1.29, 1.82) is 5.26 Å². The molecule has 3 aromatic heterocycles. The molecule has 0 bridgehead atoms. The summed E-state index contributed by atoms with van der Waals surface area (Å²) in [6, 6.07) is 4.31. The first kappa shape index (κ1) is 12.1. The molecule has 0 amide bonds. The van der Waals surface area contributed by atoms with Gasteiger partial charge in [0.1, 0.15) is 12.0 Å². The summed E-state index contributed by atoms with van der Waals surface area (Å²) in [6.45, 7) is 1.96. The van der Waals surface area contributed by atoms with E-state index in [0.717, 1.165) is 35.1 Å². The van der Waals surface area contributed by atoms with Crippen LogP contribution in [0.1, 0.15) is 19.8 Å². The standard InChI is InChI=1S/C15H14N6/c1-10(6-16)15(3-4-15)21-8-11(7-20-21)13-12-2-5-17-14(12)19-9-18-13/h2,5,7-10H,3-4H2,1H3,(H,17,18,19). The smallest absolute Gasteiger partial charge is 0.141 e.